The molecule has 1 aromatic heterocycles. The molecule has 0 bridgehead atoms. The average molecular weight is 479 g/mol. The smallest absolute Gasteiger partial charge is 0.213 e. The van der Waals surface area contributed by atoms with Crippen molar-refractivity contribution < 1.29 is 13.7 Å². The molecule has 0 radical (unpaired) electrons. The van der Waals surface area contributed by atoms with Gasteiger partial charge < -0.3 is 9.64 Å². The van der Waals surface area contributed by atoms with Gasteiger partial charge in [-0.15, -0.1) is 0 Å². The van der Waals surface area contributed by atoms with E-state index in [9.17, 15) is 4.39 Å². The molecule has 3 aromatic carbocycles. The number of anilines is 1. The van der Waals surface area contributed by atoms with Gasteiger partial charge in [0.2, 0.25) is 11.4 Å². The lowest BCUT2D eigenvalue weighted by Crippen LogP contribution is -2.34. The number of pyridine rings is 1. The second-order valence-electron chi connectivity index (χ2n) is 8.60. The van der Waals surface area contributed by atoms with Crippen molar-refractivity contribution in [2.45, 2.75) is 6.42 Å². The predicted octanol–water partition coefficient (Wildman–Crippen LogP) is 6.51. The lowest BCUT2D eigenvalue weighted by atomic mass is 10.0. The van der Waals surface area contributed by atoms with Crippen LogP contribution in [0.4, 0.5) is 10.1 Å². The summed E-state index contributed by atoms with van der Waals surface area (Å²) < 4.78 is 21.0. The van der Waals surface area contributed by atoms with Crippen molar-refractivity contribution in [2.24, 2.45) is 7.05 Å². The van der Waals surface area contributed by atoms with Gasteiger partial charge in [-0.25, -0.2) is 4.39 Å². The predicted molar refractivity (Wildman–Crippen MR) is 144 cm³/mol. The molecule has 0 aliphatic heterocycles. The fourth-order valence-corrected chi connectivity index (χ4v) is 4.06. The summed E-state index contributed by atoms with van der Waals surface area (Å²) in [4.78, 5) is 2.07. The number of methoxy groups -OCH3 is 1. The number of benzene rings is 3. The standard InChI is InChI=1S/C31H29FN3O/c1-34(20-4-19-33)28-14-5-23(6-15-28)7-16-29-21-26(24-10-17-30(36-3)18-11-24)22-31(35(29)2)25-8-12-27(32)13-9-25/h5-18,21-22H,4,20H2,1-3H3/q+1. The van der Waals surface area contributed by atoms with Crippen molar-refractivity contribution in [1.29, 1.82) is 5.26 Å². The molecule has 4 nitrogen and oxygen atoms in total. The zero-order valence-electron chi connectivity index (χ0n) is 20.8. The van der Waals surface area contributed by atoms with Crippen LogP contribution in [0.25, 0.3) is 34.5 Å². The molecule has 0 aliphatic rings. The third-order valence-electron chi connectivity index (χ3n) is 6.25. The quantitative estimate of drug-likeness (QED) is 0.271. The number of halogens is 1. The molecule has 36 heavy (non-hydrogen) atoms. The Morgan fingerprint density at radius 3 is 2.19 bits per heavy atom. The Balaban J connectivity index is 1.70. The van der Waals surface area contributed by atoms with Gasteiger partial charge in [0.25, 0.3) is 0 Å². The Kier molecular flexibility index (Phi) is 7.77. The van der Waals surface area contributed by atoms with E-state index >= 15 is 0 Å². The highest BCUT2D eigenvalue weighted by molar-refractivity contribution is 5.74. The maximum Gasteiger partial charge on any atom is 0.213 e. The molecule has 0 atom stereocenters. The van der Waals surface area contributed by atoms with Gasteiger partial charge in [-0.1, -0.05) is 24.3 Å². The Hall–Kier alpha value is -4.43. The first-order valence-corrected chi connectivity index (χ1v) is 11.8. The number of aromatic nitrogens is 1. The SMILES string of the molecule is COc1ccc(-c2cc(C=Cc3ccc(N(C)CCC#N)cc3)[n+](C)c(-c3ccc(F)cc3)c2)cc1. The number of nitriles is 1. The number of nitrogens with zero attached hydrogens (tertiary/aromatic N) is 3. The summed E-state index contributed by atoms with van der Waals surface area (Å²) in [6.45, 7) is 0.700. The molecule has 4 aromatic rings. The highest BCUT2D eigenvalue weighted by Gasteiger charge is 2.17. The van der Waals surface area contributed by atoms with Crippen molar-refractivity contribution in [3.05, 3.63) is 102 Å². The van der Waals surface area contributed by atoms with E-state index in [1.54, 1.807) is 19.2 Å². The van der Waals surface area contributed by atoms with Gasteiger partial charge in [0.15, 0.2) is 0 Å². The summed E-state index contributed by atoms with van der Waals surface area (Å²) in [5.74, 6) is 0.551. The summed E-state index contributed by atoms with van der Waals surface area (Å²) in [5, 5.41) is 8.82. The first kappa shape index (κ1) is 24.7. The van der Waals surface area contributed by atoms with Gasteiger partial charge in [0, 0.05) is 43.1 Å². The molecule has 0 amide bonds. The molecule has 0 saturated heterocycles. The first-order valence-electron chi connectivity index (χ1n) is 11.8. The van der Waals surface area contributed by atoms with Crippen LogP contribution in [0.5, 0.6) is 5.75 Å². The third-order valence-corrected chi connectivity index (χ3v) is 6.25. The fourth-order valence-electron chi connectivity index (χ4n) is 4.06. The maximum atomic E-state index is 13.6. The molecule has 5 heteroatoms. The number of ether oxygens (including phenoxy) is 1. The second kappa shape index (κ2) is 11.3. The van der Waals surface area contributed by atoms with Gasteiger partial charge >= 0.3 is 0 Å². The van der Waals surface area contributed by atoms with Crippen LogP contribution in [0.15, 0.2) is 84.9 Å². The molecule has 0 saturated carbocycles. The lowest BCUT2D eigenvalue weighted by Gasteiger charge is -2.17. The van der Waals surface area contributed by atoms with Crippen LogP contribution >= 0.6 is 0 Å². The van der Waals surface area contributed by atoms with Crippen LogP contribution in [-0.2, 0) is 7.05 Å². The van der Waals surface area contributed by atoms with E-state index in [0.29, 0.717) is 13.0 Å². The molecule has 0 fully saturated rings. The summed E-state index contributed by atoms with van der Waals surface area (Å²) in [6.07, 6.45) is 4.67. The zero-order valence-corrected chi connectivity index (χ0v) is 20.8. The average Bonchev–Trinajstić information content (AvgIpc) is 2.92. The summed E-state index contributed by atoms with van der Waals surface area (Å²) in [6, 6.07) is 29.3. The number of hydrogen-bond acceptors (Lipinski definition) is 3. The second-order valence-corrected chi connectivity index (χ2v) is 8.60. The molecular weight excluding hydrogens is 449 g/mol. The van der Waals surface area contributed by atoms with Crippen LogP contribution in [0.3, 0.4) is 0 Å². The minimum absolute atomic E-state index is 0.255. The monoisotopic (exact) mass is 478 g/mol. The van der Waals surface area contributed by atoms with E-state index in [-0.39, 0.29) is 5.82 Å². The van der Waals surface area contributed by atoms with Crippen LogP contribution in [0.1, 0.15) is 17.7 Å². The van der Waals surface area contributed by atoms with Crippen LogP contribution in [0.2, 0.25) is 0 Å². The molecule has 0 aliphatic carbocycles. The molecule has 0 spiro atoms. The lowest BCUT2D eigenvalue weighted by molar-refractivity contribution is -0.662. The zero-order chi connectivity index (χ0) is 25.5. The highest BCUT2D eigenvalue weighted by Crippen LogP contribution is 2.27. The van der Waals surface area contributed by atoms with E-state index in [2.05, 4.69) is 64.1 Å². The van der Waals surface area contributed by atoms with Crippen molar-refractivity contribution in [2.75, 3.05) is 25.6 Å². The van der Waals surface area contributed by atoms with E-state index < -0.39 is 0 Å². The van der Waals surface area contributed by atoms with E-state index in [0.717, 1.165) is 45.1 Å². The normalized spacial score (nSPS) is 10.9. The van der Waals surface area contributed by atoms with Gasteiger partial charge in [-0.3, -0.25) is 0 Å². The topological polar surface area (TPSA) is 40.1 Å². The van der Waals surface area contributed by atoms with E-state index in [4.69, 9.17) is 10.00 Å². The molecule has 0 unspecified atom stereocenters. The van der Waals surface area contributed by atoms with Crippen molar-refractivity contribution in [3.63, 3.8) is 0 Å². The van der Waals surface area contributed by atoms with Crippen LogP contribution in [-0.4, -0.2) is 20.7 Å². The van der Waals surface area contributed by atoms with E-state index in [1.165, 1.54) is 12.1 Å². The Labute approximate surface area is 212 Å². The fraction of sp³-hybridized carbons (Fsp3) is 0.161. The van der Waals surface area contributed by atoms with Gasteiger partial charge in [-0.2, -0.15) is 9.83 Å². The van der Waals surface area contributed by atoms with Gasteiger partial charge in [0.05, 0.1) is 19.6 Å². The minimum Gasteiger partial charge on any atom is -0.497 e. The molecule has 1 heterocycles. The summed E-state index contributed by atoms with van der Waals surface area (Å²) >= 11 is 0. The van der Waals surface area contributed by atoms with Crippen molar-refractivity contribution in [1.82, 2.24) is 0 Å². The van der Waals surface area contributed by atoms with Crippen molar-refractivity contribution in [3.8, 4) is 34.2 Å². The summed E-state index contributed by atoms with van der Waals surface area (Å²) in [7, 11) is 5.66. The minimum atomic E-state index is -0.255. The molecular formula is C31H29FN3O+. The van der Waals surface area contributed by atoms with Crippen molar-refractivity contribution >= 4 is 17.8 Å². The molecule has 180 valence electrons. The van der Waals surface area contributed by atoms with Gasteiger partial charge in [-0.05, 0) is 71.3 Å². The molecule has 0 N–H and O–H groups in total. The highest BCUT2D eigenvalue weighted by atomic mass is 19.1. The number of hydrogen-bond donors (Lipinski definition) is 0. The van der Waals surface area contributed by atoms with Crippen LogP contribution in [0, 0.1) is 17.1 Å². The Bertz CT molecular complexity index is 1390. The largest absolute Gasteiger partial charge is 0.497 e. The summed E-state index contributed by atoms with van der Waals surface area (Å²) in [5.41, 5.74) is 7.21. The number of rotatable bonds is 8. The maximum absolute atomic E-state index is 13.6. The van der Waals surface area contributed by atoms with E-state index in [1.807, 2.05) is 38.4 Å². The van der Waals surface area contributed by atoms with Crippen LogP contribution < -0.4 is 14.2 Å². The Morgan fingerprint density at radius 1 is 0.889 bits per heavy atom. The third kappa shape index (κ3) is 5.79. The first-order chi connectivity index (χ1) is 17.5. The molecule has 4 rings (SSSR count). The Morgan fingerprint density at radius 2 is 1.56 bits per heavy atom. The van der Waals surface area contributed by atoms with Gasteiger partial charge in [0.1, 0.15) is 18.6 Å².